The second kappa shape index (κ2) is 8.42. The number of benzene rings is 2. The van der Waals surface area contributed by atoms with Crippen molar-refractivity contribution < 1.29 is 4.39 Å². The molecule has 1 fully saturated rings. The summed E-state index contributed by atoms with van der Waals surface area (Å²) in [5.74, 6) is -0.197. The fourth-order valence-electron chi connectivity index (χ4n) is 3.60. The molecule has 0 unspecified atom stereocenters. The highest BCUT2D eigenvalue weighted by atomic mass is 19.1. The molecule has 1 saturated heterocycles. The van der Waals surface area contributed by atoms with Crippen molar-refractivity contribution in [1.82, 2.24) is 14.8 Å². The molecule has 27 heavy (non-hydrogen) atoms. The van der Waals surface area contributed by atoms with Crippen molar-refractivity contribution in [3.8, 4) is 0 Å². The lowest BCUT2D eigenvalue weighted by atomic mass is 10.1. The first-order valence-corrected chi connectivity index (χ1v) is 9.48. The van der Waals surface area contributed by atoms with Crippen LogP contribution in [-0.2, 0) is 6.54 Å². The van der Waals surface area contributed by atoms with Crippen LogP contribution in [-0.4, -0.2) is 47.5 Å². The van der Waals surface area contributed by atoms with Gasteiger partial charge in [-0.15, -0.1) is 0 Å². The van der Waals surface area contributed by atoms with Crippen molar-refractivity contribution in [2.24, 2.45) is 0 Å². The number of pyridine rings is 1. The molecule has 0 spiro atoms. The third-order valence-electron chi connectivity index (χ3n) is 5.13. The average molecular weight is 361 g/mol. The van der Waals surface area contributed by atoms with Gasteiger partial charge in [-0.05, 0) is 29.3 Å². The molecule has 3 aromatic rings. The molecule has 0 saturated carbocycles. The highest BCUT2D eigenvalue weighted by molar-refractivity contribution is 5.82. The van der Waals surface area contributed by atoms with Crippen molar-refractivity contribution in [1.29, 1.82) is 0 Å². The van der Waals surface area contributed by atoms with E-state index in [1.165, 1.54) is 5.56 Å². The van der Waals surface area contributed by atoms with E-state index in [9.17, 15) is 4.39 Å². The van der Waals surface area contributed by atoms with Crippen LogP contribution in [0.2, 0.25) is 0 Å². The SMILES string of the molecule is Fc1ccc(CN2CCN(CC=Cc3ccccc3)CC2)c2ncccc12. The smallest absolute Gasteiger partial charge is 0.132 e. The normalized spacial score (nSPS) is 16.3. The fourth-order valence-corrected chi connectivity index (χ4v) is 3.60. The monoisotopic (exact) mass is 361 g/mol. The van der Waals surface area contributed by atoms with Gasteiger partial charge < -0.3 is 0 Å². The third kappa shape index (κ3) is 4.41. The van der Waals surface area contributed by atoms with Gasteiger partial charge >= 0.3 is 0 Å². The number of hydrogen-bond donors (Lipinski definition) is 0. The molecule has 0 aliphatic carbocycles. The van der Waals surface area contributed by atoms with Gasteiger partial charge in [0.1, 0.15) is 5.82 Å². The summed E-state index contributed by atoms with van der Waals surface area (Å²) >= 11 is 0. The molecule has 0 atom stereocenters. The van der Waals surface area contributed by atoms with Gasteiger partial charge in [0.2, 0.25) is 0 Å². The Bertz CT molecular complexity index is 915. The maximum atomic E-state index is 14.0. The Morgan fingerprint density at radius 3 is 2.48 bits per heavy atom. The van der Waals surface area contributed by atoms with Crippen LogP contribution in [0.5, 0.6) is 0 Å². The average Bonchev–Trinajstić information content (AvgIpc) is 2.72. The van der Waals surface area contributed by atoms with E-state index in [0.717, 1.165) is 50.3 Å². The van der Waals surface area contributed by atoms with E-state index in [0.29, 0.717) is 5.39 Å². The fraction of sp³-hybridized carbons (Fsp3) is 0.261. The largest absolute Gasteiger partial charge is 0.297 e. The Hall–Kier alpha value is -2.56. The highest BCUT2D eigenvalue weighted by Crippen LogP contribution is 2.21. The van der Waals surface area contributed by atoms with Gasteiger partial charge in [0.15, 0.2) is 0 Å². The van der Waals surface area contributed by atoms with Gasteiger partial charge in [-0.1, -0.05) is 48.6 Å². The summed E-state index contributed by atoms with van der Waals surface area (Å²) in [6, 6.07) is 17.4. The molecule has 0 radical (unpaired) electrons. The molecule has 3 nitrogen and oxygen atoms in total. The summed E-state index contributed by atoms with van der Waals surface area (Å²) in [6.07, 6.45) is 6.16. The molecular weight excluding hydrogens is 337 g/mol. The van der Waals surface area contributed by atoms with Crippen LogP contribution in [0.15, 0.2) is 66.9 Å². The molecule has 1 aromatic heterocycles. The van der Waals surface area contributed by atoms with E-state index < -0.39 is 0 Å². The van der Waals surface area contributed by atoms with Gasteiger partial charge in [0.05, 0.1) is 5.52 Å². The van der Waals surface area contributed by atoms with Crippen LogP contribution in [0.3, 0.4) is 0 Å². The quantitative estimate of drug-likeness (QED) is 0.679. The molecule has 1 aliphatic rings. The summed E-state index contributed by atoms with van der Waals surface area (Å²) < 4.78 is 14.0. The summed E-state index contributed by atoms with van der Waals surface area (Å²) in [6.45, 7) is 5.93. The van der Waals surface area contributed by atoms with E-state index >= 15 is 0 Å². The Morgan fingerprint density at radius 1 is 0.889 bits per heavy atom. The van der Waals surface area contributed by atoms with E-state index in [2.05, 4.69) is 51.2 Å². The maximum absolute atomic E-state index is 14.0. The van der Waals surface area contributed by atoms with Crippen LogP contribution in [0.1, 0.15) is 11.1 Å². The van der Waals surface area contributed by atoms with Crippen molar-refractivity contribution in [2.45, 2.75) is 6.54 Å². The van der Waals surface area contributed by atoms with E-state index in [4.69, 9.17) is 0 Å². The molecular formula is C23H24FN3. The molecule has 1 aliphatic heterocycles. The Balaban J connectivity index is 1.32. The Morgan fingerprint density at radius 2 is 1.67 bits per heavy atom. The minimum atomic E-state index is -0.197. The first kappa shape index (κ1) is 17.8. The number of piperazine rings is 1. The second-order valence-corrected chi connectivity index (χ2v) is 7.00. The molecule has 0 N–H and O–H groups in total. The van der Waals surface area contributed by atoms with Gasteiger partial charge in [0.25, 0.3) is 0 Å². The number of aromatic nitrogens is 1. The molecule has 2 heterocycles. The molecule has 138 valence electrons. The lowest BCUT2D eigenvalue weighted by molar-refractivity contribution is 0.137. The van der Waals surface area contributed by atoms with Crippen LogP contribution < -0.4 is 0 Å². The lowest BCUT2D eigenvalue weighted by Crippen LogP contribution is -2.45. The van der Waals surface area contributed by atoms with Crippen molar-refractivity contribution in [2.75, 3.05) is 32.7 Å². The Kier molecular flexibility index (Phi) is 5.56. The van der Waals surface area contributed by atoms with Gasteiger partial charge in [-0.25, -0.2) is 4.39 Å². The van der Waals surface area contributed by atoms with Crippen LogP contribution >= 0.6 is 0 Å². The number of rotatable bonds is 5. The first-order chi connectivity index (χ1) is 13.3. The van der Waals surface area contributed by atoms with Crippen molar-refractivity contribution in [3.63, 3.8) is 0 Å². The van der Waals surface area contributed by atoms with Crippen LogP contribution in [0.4, 0.5) is 4.39 Å². The predicted octanol–water partition coefficient (Wildman–Crippen LogP) is 4.20. The predicted molar refractivity (Wildman–Crippen MR) is 109 cm³/mol. The minimum Gasteiger partial charge on any atom is -0.297 e. The lowest BCUT2D eigenvalue weighted by Gasteiger charge is -2.34. The van der Waals surface area contributed by atoms with Crippen LogP contribution in [0.25, 0.3) is 17.0 Å². The van der Waals surface area contributed by atoms with E-state index in [-0.39, 0.29) is 5.82 Å². The number of nitrogens with zero attached hydrogens (tertiary/aromatic N) is 3. The summed E-state index contributed by atoms with van der Waals surface area (Å²) in [4.78, 5) is 9.30. The topological polar surface area (TPSA) is 19.4 Å². The Labute approximate surface area is 159 Å². The highest BCUT2D eigenvalue weighted by Gasteiger charge is 2.17. The minimum absolute atomic E-state index is 0.197. The van der Waals surface area contributed by atoms with Crippen molar-refractivity contribution >= 4 is 17.0 Å². The van der Waals surface area contributed by atoms with Gasteiger partial charge in [-0.2, -0.15) is 0 Å². The first-order valence-electron chi connectivity index (χ1n) is 9.48. The third-order valence-corrected chi connectivity index (χ3v) is 5.13. The standard InChI is InChI=1S/C23H24FN3/c24-22-11-10-20(23-21(22)9-4-12-25-23)18-27-16-14-26(15-17-27)13-5-8-19-6-2-1-3-7-19/h1-12H,13-18H2. The zero-order valence-corrected chi connectivity index (χ0v) is 15.4. The van der Waals surface area contributed by atoms with Crippen LogP contribution in [0, 0.1) is 5.82 Å². The summed E-state index contributed by atoms with van der Waals surface area (Å²) in [5.41, 5.74) is 3.13. The number of fused-ring (bicyclic) bond motifs is 1. The van der Waals surface area contributed by atoms with E-state index in [1.807, 2.05) is 12.1 Å². The molecule has 2 aromatic carbocycles. The summed E-state index contributed by atoms with van der Waals surface area (Å²) in [5, 5.41) is 0.611. The number of hydrogen-bond acceptors (Lipinski definition) is 3. The zero-order chi connectivity index (χ0) is 18.5. The summed E-state index contributed by atoms with van der Waals surface area (Å²) in [7, 11) is 0. The van der Waals surface area contributed by atoms with Crippen molar-refractivity contribution in [3.05, 3.63) is 83.8 Å². The second-order valence-electron chi connectivity index (χ2n) is 7.00. The molecule has 4 rings (SSSR count). The molecule has 4 heteroatoms. The van der Waals surface area contributed by atoms with E-state index in [1.54, 1.807) is 24.4 Å². The maximum Gasteiger partial charge on any atom is 0.132 e. The van der Waals surface area contributed by atoms with Gasteiger partial charge in [-0.3, -0.25) is 14.8 Å². The molecule has 0 amide bonds. The van der Waals surface area contributed by atoms with Gasteiger partial charge in [0, 0.05) is 50.9 Å². The number of halogens is 1. The molecule has 0 bridgehead atoms. The zero-order valence-electron chi connectivity index (χ0n) is 15.4.